The molecule has 0 radical (unpaired) electrons. The van der Waals surface area contributed by atoms with Crippen molar-refractivity contribution >= 4 is 23.6 Å². The second-order valence-electron chi connectivity index (χ2n) is 22.2. The molecule has 3 aromatic rings. The van der Waals surface area contributed by atoms with Crippen molar-refractivity contribution in [3.8, 4) is 0 Å². The molecule has 1 aliphatic rings. The van der Waals surface area contributed by atoms with Gasteiger partial charge in [0.1, 0.15) is 0 Å². The fourth-order valence-electron chi connectivity index (χ4n) is 7.73. The fraction of sp³-hybridized carbons (Fsp3) is 0.560. The van der Waals surface area contributed by atoms with Crippen LogP contribution in [-0.2, 0) is 54.2 Å². The molecule has 302 valence electrons. The Morgan fingerprint density at radius 3 is 0.745 bits per heavy atom. The summed E-state index contributed by atoms with van der Waals surface area (Å²) in [5, 5.41) is 6.13. The van der Waals surface area contributed by atoms with Gasteiger partial charge in [-0.2, -0.15) is 5.20 Å². The average Bonchev–Trinajstić information content (AvgIpc) is 3.21. The van der Waals surface area contributed by atoms with Gasteiger partial charge in [0.2, 0.25) is 0 Å². The smallest absolute Gasteiger partial charge is 1.00 e. The maximum atomic E-state index is 3.98. The Hall–Kier alpha value is -1.06. The fourth-order valence-corrected chi connectivity index (χ4v) is 13.4. The van der Waals surface area contributed by atoms with Crippen LogP contribution in [0.4, 0.5) is 0 Å². The van der Waals surface area contributed by atoms with Gasteiger partial charge in [-0.1, -0.05) is 199 Å². The molecule has 1 atom stereocenters. The van der Waals surface area contributed by atoms with E-state index < -0.39 is 8.07 Å². The summed E-state index contributed by atoms with van der Waals surface area (Å²) in [6.45, 7) is 50.1. The molecular weight excluding hydrogens is 783 g/mol. The summed E-state index contributed by atoms with van der Waals surface area (Å²) < 4.78 is 0. The molecular formula is C50H73Cl3SiTi. The maximum Gasteiger partial charge on any atom is 4.00 e. The molecule has 55 heavy (non-hydrogen) atoms. The molecule has 1 aliphatic carbocycles. The van der Waals surface area contributed by atoms with E-state index >= 15 is 0 Å². The number of allylic oxidation sites excluding steroid dienone is 4. The Morgan fingerprint density at radius 1 is 0.400 bits per heavy atom. The molecule has 0 spiro atoms. The first-order chi connectivity index (χ1) is 22.8. The molecule has 0 amide bonds. The van der Waals surface area contributed by atoms with E-state index in [2.05, 4.69) is 206 Å². The Balaban J connectivity index is 0.00000729. The van der Waals surface area contributed by atoms with Crippen LogP contribution < -0.4 is 52.8 Å². The zero-order valence-corrected chi connectivity index (χ0v) is 43.2. The van der Waals surface area contributed by atoms with Crippen LogP contribution in [0.15, 0.2) is 70.9 Å². The summed E-state index contributed by atoms with van der Waals surface area (Å²) in [5.41, 5.74) is 11.2. The van der Waals surface area contributed by atoms with Gasteiger partial charge in [-0.3, -0.25) is 6.08 Å². The molecule has 0 aliphatic heterocycles. The molecule has 4 rings (SSSR count). The predicted octanol–water partition coefficient (Wildman–Crippen LogP) is 3.21. The second kappa shape index (κ2) is 17.7. The van der Waals surface area contributed by atoms with Crippen LogP contribution in [0.25, 0.3) is 0 Å². The van der Waals surface area contributed by atoms with Gasteiger partial charge in [-0.05, 0) is 81.4 Å². The number of rotatable bonds is 4. The summed E-state index contributed by atoms with van der Waals surface area (Å²) in [5.74, 6) is 0.209. The number of hydrogen-bond donors (Lipinski definition) is 0. The maximum absolute atomic E-state index is 3.98. The summed E-state index contributed by atoms with van der Waals surface area (Å²) in [7, 11) is -3.02. The van der Waals surface area contributed by atoms with Gasteiger partial charge in [-0.15, -0.1) is 6.92 Å². The van der Waals surface area contributed by atoms with Crippen LogP contribution in [0.5, 0.6) is 0 Å². The molecule has 5 heteroatoms. The average molecular weight is 856 g/mol. The molecule has 0 N–H and O–H groups in total. The quantitative estimate of drug-likeness (QED) is 0.215. The van der Waals surface area contributed by atoms with E-state index in [0.29, 0.717) is 0 Å². The number of hydrogen-bond acceptors (Lipinski definition) is 0. The van der Waals surface area contributed by atoms with E-state index in [1.54, 1.807) is 5.20 Å². The van der Waals surface area contributed by atoms with E-state index in [1.807, 2.05) is 0 Å². The van der Waals surface area contributed by atoms with Crippen LogP contribution >= 0.6 is 0 Å². The van der Waals surface area contributed by atoms with E-state index in [-0.39, 0.29) is 97.3 Å². The zero-order valence-electron chi connectivity index (χ0n) is 38.4. The zero-order chi connectivity index (χ0) is 39.1. The first kappa shape index (κ1) is 53.9. The minimum Gasteiger partial charge on any atom is -1.00 e. The van der Waals surface area contributed by atoms with E-state index in [9.17, 15) is 0 Å². The van der Waals surface area contributed by atoms with Crippen LogP contribution in [0.3, 0.4) is 0 Å². The summed E-state index contributed by atoms with van der Waals surface area (Å²) >= 11 is 0. The van der Waals surface area contributed by atoms with Crippen molar-refractivity contribution in [2.24, 2.45) is 5.92 Å². The van der Waals surface area contributed by atoms with Crippen molar-refractivity contribution in [1.82, 2.24) is 0 Å². The van der Waals surface area contributed by atoms with Gasteiger partial charge in [0.15, 0.2) is 8.07 Å². The SMILES string of the molecule is CC1=[C-]C(C)C([Si](c2cc(C(C)(C)C)cc(C(C)(C)C)c2)(c2cc(C(C)(C)C)cc(C(C)(C)C)c2)c2cc(C(C)(C)C)cc(C(C)(C)C)c2)=C1C.[Cl-].[Cl-].[Cl-].[Ti+4]. The predicted molar refractivity (Wildman–Crippen MR) is 230 cm³/mol. The molecule has 0 saturated carbocycles. The Morgan fingerprint density at radius 2 is 0.600 bits per heavy atom. The molecule has 3 aromatic carbocycles. The molecule has 0 heterocycles. The van der Waals surface area contributed by atoms with Gasteiger partial charge < -0.3 is 37.2 Å². The van der Waals surface area contributed by atoms with Gasteiger partial charge in [-0.25, -0.2) is 11.1 Å². The summed E-state index contributed by atoms with van der Waals surface area (Å²) in [4.78, 5) is 0. The standard InChI is InChI=1S/C50H73Si.3ClH.Ti/c1-32-22-33(2)44(34(32)3)51(41-26-35(45(4,5)6)23-36(27-41)46(7,8)9,42-28-37(47(10,11)12)24-38(29-42)48(13,14)15)43-30-39(49(16,17)18)25-40(31-43)50(19,20)21;;;;/h23-31,33H,1-21H3;3*1H;/q-1;;;;+4/p-3. The Labute approximate surface area is 374 Å². The molecule has 0 fully saturated rings. The van der Waals surface area contributed by atoms with Gasteiger partial charge >= 0.3 is 21.7 Å². The Bertz CT molecular complexity index is 1590. The van der Waals surface area contributed by atoms with E-state index in [1.165, 1.54) is 60.1 Å². The van der Waals surface area contributed by atoms with E-state index in [0.717, 1.165) is 0 Å². The molecule has 0 saturated heterocycles. The van der Waals surface area contributed by atoms with Crippen LogP contribution in [0, 0.1) is 12.0 Å². The molecule has 0 aromatic heterocycles. The second-order valence-corrected chi connectivity index (χ2v) is 25.9. The first-order valence-electron chi connectivity index (χ1n) is 19.6. The molecule has 0 bridgehead atoms. The normalized spacial score (nSPS) is 15.7. The van der Waals surface area contributed by atoms with Gasteiger partial charge in [0, 0.05) is 0 Å². The van der Waals surface area contributed by atoms with Crippen molar-refractivity contribution in [3.05, 3.63) is 110 Å². The molecule has 0 nitrogen and oxygen atoms in total. The van der Waals surface area contributed by atoms with Crippen LogP contribution in [-0.4, -0.2) is 8.07 Å². The third-order valence-corrected chi connectivity index (χ3v) is 16.6. The number of benzene rings is 3. The minimum absolute atomic E-state index is 0. The van der Waals surface area contributed by atoms with Crippen molar-refractivity contribution in [2.75, 3.05) is 0 Å². The van der Waals surface area contributed by atoms with Gasteiger partial charge in [0.25, 0.3) is 0 Å². The van der Waals surface area contributed by atoms with E-state index in [4.69, 9.17) is 0 Å². The van der Waals surface area contributed by atoms with Crippen molar-refractivity contribution in [1.29, 1.82) is 0 Å². The largest absolute Gasteiger partial charge is 4.00 e. The Kier molecular flexibility index (Phi) is 17.3. The van der Waals surface area contributed by atoms with Crippen LogP contribution in [0.2, 0.25) is 0 Å². The third-order valence-electron chi connectivity index (χ3n) is 11.5. The molecule has 1 unspecified atom stereocenters. The monoisotopic (exact) mass is 854 g/mol. The first-order valence-corrected chi connectivity index (χ1v) is 21.6. The number of halogens is 3. The minimum atomic E-state index is -3.02. The van der Waals surface area contributed by atoms with Gasteiger partial charge in [0.05, 0.1) is 0 Å². The van der Waals surface area contributed by atoms with Crippen LogP contribution in [0.1, 0.15) is 179 Å². The summed E-state index contributed by atoms with van der Waals surface area (Å²) in [6.07, 6.45) is 3.98. The summed E-state index contributed by atoms with van der Waals surface area (Å²) in [6, 6.07) is 23.4. The van der Waals surface area contributed by atoms with Crippen molar-refractivity contribution in [3.63, 3.8) is 0 Å². The van der Waals surface area contributed by atoms with Crippen molar-refractivity contribution in [2.45, 2.75) is 178 Å². The topological polar surface area (TPSA) is 0 Å². The van der Waals surface area contributed by atoms with Crippen molar-refractivity contribution < 1.29 is 58.9 Å². The third kappa shape index (κ3) is 11.2.